The van der Waals surface area contributed by atoms with Crippen LogP contribution in [0.4, 0.5) is 0 Å². The van der Waals surface area contributed by atoms with E-state index >= 15 is 0 Å². The number of benzene rings is 1. The van der Waals surface area contributed by atoms with E-state index in [1.165, 1.54) is 7.11 Å². The Kier molecular flexibility index (Phi) is 8.06. The summed E-state index contributed by atoms with van der Waals surface area (Å²) in [6, 6.07) is 8.43. The highest BCUT2D eigenvalue weighted by atomic mass is 35.5. The molecule has 0 heterocycles. The lowest BCUT2D eigenvalue weighted by Gasteiger charge is -2.28. The maximum absolute atomic E-state index is 12.3. The molecule has 0 saturated heterocycles. The van der Waals surface area contributed by atoms with Gasteiger partial charge in [-0.05, 0) is 24.3 Å². The summed E-state index contributed by atoms with van der Waals surface area (Å²) in [5.41, 5.74) is 6.80. The monoisotopic (exact) mass is 340 g/mol. The van der Waals surface area contributed by atoms with Gasteiger partial charge in [-0.25, -0.2) is 4.79 Å². The fraction of sp³-hybridized carbons (Fsp3) is 0.529. The number of carbonyl (C=O) groups is 2. The summed E-state index contributed by atoms with van der Waals surface area (Å²) in [5, 5.41) is 2.78. The molecular formula is C17H25ClN2O3. The maximum Gasteiger partial charge on any atom is 0.333 e. The predicted molar refractivity (Wildman–Crippen MR) is 91.1 cm³/mol. The Balaban J connectivity index is 0.00000264. The van der Waals surface area contributed by atoms with E-state index < -0.39 is 12.0 Å². The van der Waals surface area contributed by atoms with E-state index in [2.05, 4.69) is 5.32 Å². The second-order valence-corrected chi connectivity index (χ2v) is 5.85. The molecule has 3 N–H and O–H groups in total. The molecule has 6 heteroatoms. The zero-order valence-electron chi connectivity index (χ0n) is 13.4. The molecule has 0 spiro atoms. The number of halogens is 1. The van der Waals surface area contributed by atoms with Crippen LogP contribution in [0.2, 0.25) is 0 Å². The number of hydrogen-bond donors (Lipinski definition) is 2. The molecule has 128 valence electrons. The highest BCUT2D eigenvalue weighted by molar-refractivity contribution is 5.86. The average Bonchev–Trinajstić information content (AvgIpc) is 2.55. The molecule has 3 unspecified atom stereocenters. The van der Waals surface area contributed by atoms with Gasteiger partial charge in [0.1, 0.15) is 0 Å². The van der Waals surface area contributed by atoms with Gasteiger partial charge in [-0.1, -0.05) is 43.2 Å². The number of hydrogen-bond acceptors (Lipinski definition) is 4. The molecule has 1 aromatic carbocycles. The summed E-state index contributed by atoms with van der Waals surface area (Å²) < 4.78 is 4.80. The summed E-state index contributed by atoms with van der Waals surface area (Å²) in [7, 11) is 1.32. The van der Waals surface area contributed by atoms with Gasteiger partial charge in [0, 0.05) is 12.5 Å². The van der Waals surface area contributed by atoms with E-state index in [0.717, 1.165) is 31.2 Å². The van der Waals surface area contributed by atoms with Gasteiger partial charge in [0.15, 0.2) is 6.04 Å². The smallest absolute Gasteiger partial charge is 0.333 e. The van der Waals surface area contributed by atoms with Crippen molar-refractivity contribution in [3.63, 3.8) is 0 Å². The van der Waals surface area contributed by atoms with Crippen molar-refractivity contribution in [1.29, 1.82) is 0 Å². The first-order valence-corrected chi connectivity index (χ1v) is 7.79. The molecule has 1 aliphatic carbocycles. The van der Waals surface area contributed by atoms with E-state index in [1.54, 1.807) is 12.1 Å². The first kappa shape index (κ1) is 19.5. The minimum Gasteiger partial charge on any atom is -0.467 e. The summed E-state index contributed by atoms with van der Waals surface area (Å²) in [6.45, 7) is 0. The van der Waals surface area contributed by atoms with Crippen molar-refractivity contribution in [2.75, 3.05) is 7.11 Å². The van der Waals surface area contributed by atoms with Crippen LogP contribution >= 0.6 is 12.4 Å². The van der Waals surface area contributed by atoms with Crippen LogP contribution < -0.4 is 11.1 Å². The second kappa shape index (κ2) is 9.53. The molecule has 0 bridgehead atoms. The lowest BCUT2D eigenvalue weighted by atomic mass is 9.83. The third-order valence-corrected chi connectivity index (χ3v) is 4.29. The minimum atomic E-state index is -0.765. The standard InChI is InChI=1S/C17H24N2O3.ClH/c1-22-17(21)16(12-7-3-2-4-8-12)19-15(20)11-13-9-5-6-10-14(13)18;/h2-4,7-8,13-14,16H,5-6,9-11,18H2,1H3,(H,19,20);1H. The molecule has 0 aromatic heterocycles. The molecule has 2 rings (SSSR count). The number of nitrogens with one attached hydrogen (secondary N) is 1. The fourth-order valence-corrected chi connectivity index (χ4v) is 2.99. The maximum atomic E-state index is 12.3. The number of rotatable bonds is 5. The Hall–Kier alpha value is -1.59. The van der Waals surface area contributed by atoms with E-state index in [-0.39, 0.29) is 30.3 Å². The van der Waals surface area contributed by atoms with Crippen molar-refractivity contribution < 1.29 is 14.3 Å². The summed E-state index contributed by atoms with van der Waals surface area (Å²) in [6.07, 6.45) is 4.56. The van der Waals surface area contributed by atoms with Crippen molar-refractivity contribution in [1.82, 2.24) is 5.32 Å². The Morgan fingerprint density at radius 1 is 1.26 bits per heavy atom. The SMILES string of the molecule is COC(=O)C(NC(=O)CC1CCCCC1N)c1ccccc1.Cl. The zero-order valence-corrected chi connectivity index (χ0v) is 14.2. The lowest BCUT2D eigenvalue weighted by molar-refractivity contribution is -0.145. The first-order chi connectivity index (χ1) is 10.6. The third-order valence-electron chi connectivity index (χ3n) is 4.29. The van der Waals surface area contributed by atoms with Crippen LogP contribution in [-0.4, -0.2) is 25.0 Å². The van der Waals surface area contributed by atoms with Crippen LogP contribution in [0, 0.1) is 5.92 Å². The molecule has 23 heavy (non-hydrogen) atoms. The van der Waals surface area contributed by atoms with E-state index in [1.807, 2.05) is 18.2 Å². The number of carbonyl (C=O) groups excluding carboxylic acids is 2. The molecule has 1 fully saturated rings. The van der Waals surface area contributed by atoms with Gasteiger partial charge in [-0.3, -0.25) is 4.79 Å². The topological polar surface area (TPSA) is 81.4 Å². The average molecular weight is 341 g/mol. The van der Waals surface area contributed by atoms with Gasteiger partial charge in [0.05, 0.1) is 7.11 Å². The van der Waals surface area contributed by atoms with Gasteiger partial charge in [-0.15, -0.1) is 12.4 Å². The third kappa shape index (κ3) is 5.52. The fourth-order valence-electron chi connectivity index (χ4n) is 2.99. The number of methoxy groups -OCH3 is 1. The Morgan fingerprint density at radius 2 is 1.91 bits per heavy atom. The van der Waals surface area contributed by atoms with Crippen LogP contribution in [-0.2, 0) is 14.3 Å². The first-order valence-electron chi connectivity index (χ1n) is 7.79. The molecule has 1 amide bonds. The highest BCUT2D eigenvalue weighted by Crippen LogP contribution is 2.26. The van der Waals surface area contributed by atoms with Crippen molar-refractivity contribution in [3.05, 3.63) is 35.9 Å². The molecule has 3 atom stereocenters. The van der Waals surface area contributed by atoms with Gasteiger partial charge in [0.25, 0.3) is 0 Å². The number of amides is 1. The van der Waals surface area contributed by atoms with E-state index in [9.17, 15) is 9.59 Å². The van der Waals surface area contributed by atoms with Crippen LogP contribution in [0.5, 0.6) is 0 Å². The Bertz CT molecular complexity index is 510. The Labute approximate surface area is 143 Å². The predicted octanol–water partition coefficient (Wildman–Crippen LogP) is 2.35. The van der Waals surface area contributed by atoms with Gasteiger partial charge in [-0.2, -0.15) is 0 Å². The molecule has 1 saturated carbocycles. The summed E-state index contributed by atoms with van der Waals surface area (Å²) >= 11 is 0. The number of nitrogens with two attached hydrogens (primary N) is 1. The van der Waals surface area contributed by atoms with Crippen molar-refractivity contribution in [2.24, 2.45) is 11.7 Å². The number of esters is 1. The highest BCUT2D eigenvalue weighted by Gasteiger charge is 2.27. The summed E-state index contributed by atoms with van der Waals surface area (Å²) in [5.74, 6) is -0.420. The van der Waals surface area contributed by atoms with E-state index in [4.69, 9.17) is 10.5 Å². The van der Waals surface area contributed by atoms with Gasteiger partial charge < -0.3 is 15.8 Å². The zero-order chi connectivity index (χ0) is 15.9. The van der Waals surface area contributed by atoms with Crippen molar-refractivity contribution in [2.45, 2.75) is 44.2 Å². The quantitative estimate of drug-likeness (QED) is 0.806. The van der Waals surface area contributed by atoms with Crippen LogP contribution in [0.25, 0.3) is 0 Å². The molecule has 0 aliphatic heterocycles. The van der Waals surface area contributed by atoms with Gasteiger partial charge in [0.2, 0.25) is 5.91 Å². The largest absolute Gasteiger partial charge is 0.467 e. The van der Waals surface area contributed by atoms with E-state index in [0.29, 0.717) is 6.42 Å². The normalized spacial score (nSPS) is 21.7. The number of ether oxygens (including phenoxy) is 1. The molecule has 5 nitrogen and oxygen atoms in total. The van der Waals surface area contributed by atoms with Crippen LogP contribution in [0.15, 0.2) is 30.3 Å². The minimum absolute atomic E-state index is 0. The van der Waals surface area contributed by atoms with Crippen LogP contribution in [0.1, 0.15) is 43.7 Å². The van der Waals surface area contributed by atoms with Crippen LogP contribution in [0.3, 0.4) is 0 Å². The van der Waals surface area contributed by atoms with Crippen molar-refractivity contribution >= 4 is 24.3 Å². The lowest BCUT2D eigenvalue weighted by Crippen LogP contribution is -2.39. The molecule has 1 aliphatic rings. The molecular weight excluding hydrogens is 316 g/mol. The Morgan fingerprint density at radius 3 is 2.52 bits per heavy atom. The summed E-state index contributed by atoms with van der Waals surface area (Å²) in [4.78, 5) is 24.2. The molecule has 0 radical (unpaired) electrons. The van der Waals surface area contributed by atoms with Gasteiger partial charge >= 0.3 is 5.97 Å². The molecule has 1 aromatic rings. The van der Waals surface area contributed by atoms with Crippen molar-refractivity contribution in [3.8, 4) is 0 Å². The second-order valence-electron chi connectivity index (χ2n) is 5.85.